The van der Waals surface area contributed by atoms with Gasteiger partial charge in [0.1, 0.15) is 10.6 Å². The maximum absolute atomic E-state index is 12.9. The van der Waals surface area contributed by atoms with Gasteiger partial charge in [-0.05, 0) is 31.7 Å². The van der Waals surface area contributed by atoms with Crippen molar-refractivity contribution in [1.29, 1.82) is 0 Å². The van der Waals surface area contributed by atoms with Crippen molar-refractivity contribution in [2.45, 2.75) is 48.7 Å². The first-order chi connectivity index (χ1) is 12.4. The lowest BCUT2D eigenvalue weighted by Crippen LogP contribution is -2.48. The van der Waals surface area contributed by atoms with E-state index in [4.69, 9.17) is 0 Å². The molecule has 1 aromatic rings. The summed E-state index contributed by atoms with van der Waals surface area (Å²) >= 11 is 1.77. The number of aromatic nitrogens is 1. The summed E-state index contributed by atoms with van der Waals surface area (Å²) < 4.78 is 27.0. The molecule has 7 nitrogen and oxygen atoms in total. The Hall–Kier alpha value is -0.740. The van der Waals surface area contributed by atoms with Gasteiger partial charge in [0.2, 0.25) is 10.0 Å². The minimum atomic E-state index is -3.52. The van der Waals surface area contributed by atoms with E-state index < -0.39 is 10.0 Å². The number of aromatic amines is 1. The zero-order valence-electron chi connectivity index (χ0n) is 15.4. The molecule has 1 aromatic heterocycles. The van der Waals surface area contributed by atoms with Crippen LogP contribution in [0.2, 0.25) is 0 Å². The Balaban J connectivity index is 0.00000210. The molecule has 152 valence electrons. The molecule has 3 aliphatic rings. The van der Waals surface area contributed by atoms with Crippen LogP contribution < -0.4 is 5.32 Å². The Kier molecular flexibility index (Phi) is 6.47. The summed E-state index contributed by atoms with van der Waals surface area (Å²) in [5, 5.41) is 3.58. The molecule has 2 unspecified atom stereocenters. The van der Waals surface area contributed by atoms with Crippen LogP contribution in [0.1, 0.15) is 36.2 Å². The Labute approximate surface area is 171 Å². The lowest BCUT2D eigenvalue weighted by molar-refractivity contribution is 0.0676. The number of thioether (sulfide) groups is 1. The second kappa shape index (κ2) is 8.32. The minimum Gasteiger partial charge on any atom is -0.356 e. The number of carbonyl (C=O) groups is 1. The number of rotatable bonds is 4. The number of carbonyl (C=O) groups excluding carboxylic acids is 1. The van der Waals surface area contributed by atoms with Crippen LogP contribution in [0, 0.1) is 0 Å². The Bertz CT molecular complexity index is 767. The van der Waals surface area contributed by atoms with Gasteiger partial charge in [0.15, 0.2) is 0 Å². The fraction of sp³-hybridized carbons (Fsp3) is 0.706. The van der Waals surface area contributed by atoms with Crippen molar-refractivity contribution >= 4 is 40.1 Å². The monoisotopic (exact) mass is 434 g/mol. The number of sulfonamides is 1. The van der Waals surface area contributed by atoms with E-state index in [1.54, 1.807) is 16.7 Å². The molecule has 2 N–H and O–H groups in total. The summed E-state index contributed by atoms with van der Waals surface area (Å²) in [6, 6.07) is 2.71. The van der Waals surface area contributed by atoms with Crippen molar-refractivity contribution < 1.29 is 13.2 Å². The van der Waals surface area contributed by atoms with Crippen molar-refractivity contribution in [1.82, 2.24) is 19.5 Å². The molecule has 3 saturated heterocycles. The maximum atomic E-state index is 12.9. The summed E-state index contributed by atoms with van der Waals surface area (Å²) in [5.74, 6) is 1.50. The molecule has 2 atom stereocenters. The Morgan fingerprint density at radius 3 is 2.48 bits per heavy atom. The second-order valence-corrected chi connectivity index (χ2v) is 10.6. The molecule has 10 heteroatoms. The number of halogens is 1. The van der Waals surface area contributed by atoms with E-state index in [1.165, 1.54) is 29.4 Å². The van der Waals surface area contributed by atoms with Gasteiger partial charge in [-0.15, -0.1) is 12.4 Å². The number of fused-ring (bicyclic) bond motifs is 2. The summed E-state index contributed by atoms with van der Waals surface area (Å²) in [6.07, 6.45) is 5.75. The van der Waals surface area contributed by atoms with E-state index in [2.05, 4.69) is 10.3 Å². The maximum Gasteiger partial charge on any atom is 0.270 e. The summed E-state index contributed by atoms with van der Waals surface area (Å²) in [7, 11) is -1.70. The van der Waals surface area contributed by atoms with Crippen molar-refractivity contribution in [2.24, 2.45) is 0 Å². The molecular formula is C17H27ClN4O3S2. The smallest absolute Gasteiger partial charge is 0.270 e. The first-order valence-corrected chi connectivity index (χ1v) is 11.8. The van der Waals surface area contributed by atoms with Crippen LogP contribution >= 0.6 is 24.2 Å². The SMILES string of the molecule is CN(C(=O)c1cc(S(=O)(=O)N2CCSCC2)c[nH]1)C1CC2CCC(C1)N2.Cl. The van der Waals surface area contributed by atoms with Crippen LogP contribution in [0.15, 0.2) is 17.2 Å². The highest BCUT2D eigenvalue weighted by Gasteiger charge is 2.37. The van der Waals surface area contributed by atoms with Gasteiger partial charge in [-0.1, -0.05) is 0 Å². The van der Waals surface area contributed by atoms with E-state index in [-0.39, 0.29) is 29.3 Å². The molecule has 27 heavy (non-hydrogen) atoms. The Morgan fingerprint density at radius 2 is 1.85 bits per heavy atom. The van der Waals surface area contributed by atoms with Gasteiger partial charge >= 0.3 is 0 Å². The number of piperidine rings is 1. The van der Waals surface area contributed by atoms with Crippen LogP contribution in [0.4, 0.5) is 0 Å². The molecular weight excluding hydrogens is 408 g/mol. The zero-order chi connectivity index (χ0) is 18.3. The lowest BCUT2D eigenvalue weighted by Gasteiger charge is -2.35. The highest BCUT2D eigenvalue weighted by molar-refractivity contribution is 7.99. The lowest BCUT2D eigenvalue weighted by atomic mass is 9.98. The van der Waals surface area contributed by atoms with Gasteiger partial charge in [-0.25, -0.2) is 8.42 Å². The average Bonchev–Trinajstić information content (AvgIpc) is 3.28. The molecule has 0 saturated carbocycles. The predicted molar refractivity (Wildman–Crippen MR) is 109 cm³/mol. The standard InChI is InChI=1S/C17H26N4O3S2.ClH/c1-20(14-8-12-2-3-13(9-14)19-12)17(22)16-10-15(11-18-16)26(23,24)21-4-6-25-7-5-21;/h10-14,18-19H,2-9H2,1H3;1H. The van der Waals surface area contributed by atoms with E-state index in [9.17, 15) is 13.2 Å². The van der Waals surface area contributed by atoms with Crippen LogP contribution in [0.5, 0.6) is 0 Å². The molecule has 4 rings (SSSR count). The fourth-order valence-electron chi connectivity index (χ4n) is 4.28. The van der Waals surface area contributed by atoms with E-state index in [0.717, 1.165) is 24.3 Å². The van der Waals surface area contributed by atoms with Gasteiger partial charge < -0.3 is 15.2 Å². The van der Waals surface area contributed by atoms with Crippen molar-refractivity contribution in [3.8, 4) is 0 Å². The number of amides is 1. The molecule has 2 bridgehead atoms. The van der Waals surface area contributed by atoms with Gasteiger partial charge in [0.25, 0.3) is 5.91 Å². The first kappa shape index (κ1) is 21.0. The number of nitrogens with zero attached hydrogens (tertiary/aromatic N) is 2. The van der Waals surface area contributed by atoms with Gasteiger partial charge in [-0.3, -0.25) is 4.79 Å². The third-order valence-electron chi connectivity index (χ3n) is 5.81. The van der Waals surface area contributed by atoms with Gasteiger partial charge in [-0.2, -0.15) is 16.1 Å². The van der Waals surface area contributed by atoms with Crippen molar-refractivity contribution in [3.05, 3.63) is 18.0 Å². The average molecular weight is 435 g/mol. The molecule has 0 aromatic carbocycles. The molecule has 3 aliphatic heterocycles. The third kappa shape index (κ3) is 4.17. The quantitative estimate of drug-likeness (QED) is 0.750. The molecule has 0 radical (unpaired) electrons. The van der Waals surface area contributed by atoms with E-state index in [1.807, 2.05) is 7.05 Å². The first-order valence-electron chi connectivity index (χ1n) is 9.24. The zero-order valence-corrected chi connectivity index (χ0v) is 17.8. The van der Waals surface area contributed by atoms with Crippen LogP contribution in [0.25, 0.3) is 0 Å². The largest absolute Gasteiger partial charge is 0.356 e. The highest BCUT2D eigenvalue weighted by Crippen LogP contribution is 2.30. The molecule has 1 amide bonds. The normalized spacial score (nSPS) is 28.6. The van der Waals surface area contributed by atoms with E-state index in [0.29, 0.717) is 30.9 Å². The summed E-state index contributed by atoms with van der Waals surface area (Å²) in [5.41, 5.74) is 0.350. The van der Waals surface area contributed by atoms with Crippen LogP contribution in [-0.2, 0) is 10.0 Å². The molecule has 4 heterocycles. The van der Waals surface area contributed by atoms with Gasteiger partial charge in [0.05, 0.1) is 0 Å². The van der Waals surface area contributed by atoms with Crippen molar-refractivity contribution in [2.75, 3.05) is 31.6 Å². The predicted octanol–water partition coefficient (Wildman–Crippen LogP) is 1.53. The second-order valence-electron chi connectivity index (χ2n) is 7.44. The fourth-order valence-corrected chi connectivity index (χ4v) is 6.85. The molecule has 3 fully saturated rings. The highest BCUT2D eigenvalue weighted by atomic mass is 35.5. The van der Waals surface area contributed by atoms with Gasteiger partial charge in [0, 0.05) is 56.0 Å². The Morgan fingerprint density at radius 1 is 1.22 bits per heavy atom. The summed E-state index contributed by atoms with van der Waals surface area (Å²) in [4.78, 5) is 17.7. The summed E-state index contributed by atoms with van der Waals surface area (Å²) in [6.45, 7) is 1.05. The minimum absolute atomic E-state index is 0. The molecule has 0 spiro atoms. The number of H-pyrrole nitrogens is 1. The van der Waals surface area contributed by atoms with Crippen LogP contribution in [-0.4, -0.2) is 78.3 Å². The number of hydrogen-bond acceptors (Lipinski definition) is 5. The number of hydrogen-bond donors (Lipinski definition) is 2. The van der Waals surface area contributed by atoms with E-state index >= 15 is 0 Å². The number of nitrogens with one attached hydrogen (secondary N) is 2. The third-order valence-corrected chi connectivity index (χ3v) is 8.63. The molecule has 0 aliphatic carbocycles. The van der Waals surface area contributed by atoms with Crippen LogP contribution in [0.3, 0.4) is 0 Å². The topological polar surface area (TPSA) is 85.5 Å². The van der Waals surface area contributed by atoms with Crippen molar-refractivity contribution in [3.63, 3.8) is 0 Å².